The molecule has 0 amide bonds. The number of aliphatic hydroxyl groups is 3. The van der Waals surface area contributed by atoms with Crippen molar-refractivity contribution in [3.63, 3.8) is 0 Å². The second-order valence-corrected chi connectivity index (χ2v) is 1.95. The van der Waals surface area contributed by atoms with Crippen LogP contribution in [0.5, 0.6) is 0 Å². The molecule has 3 heteroatoms. The van der Waals surface area contributed by atoms with E-state index in [1.165, 1.54) is 0 Å². The van der Waals surface area contributed by atoms with Crippen LogP contribution in [0.4, 0.5) is 0 Å². The Morgan fingerprint density at radius 1 is 1.44 bits per heavy atom. The first-order valence-corrected chi connectivity index (χ1v) is 3.06. The molecule has 0 saturated carbocycles. The van der Waals surface area contributed by atoms with Crippen molar-refractivity contribution in [3.05, 3.63) is 6.61 Å². The summed E-state index contributed by atoms with van der Waals surface area (Å²) in [6, 6.07) is 0. The molecule has 0 aliphatic heterocycles. The molecule has 9 heavy (non-hydrogen) atoms. The van der Waals surface area contributed by atoms with Crippen molar-refractivity contribution in [2.24, 2.45) is 0 Å². The fourth-order valence-corrected chi connectivity index (χ4v) is 0.536. The van der Waals surface area contributed by atoms with E-state index in [2.05, 4.69) is 0 Å². The molecule has 1 atom stereocenters. The van der Waals surface area contributed by atoms with Gasteiger partial charge in [-0.3, -0.25) is 0 Å². The minimum atomic E-state index is -0.620. The highest BCUT2D eigenvalue weighted by Crippen LogP contribution is 2.00. The second kappa shape index (κ2) is 6.01. The molecular weight excluding hydrogens is 120 g/mol. The predicted octanol–water partition coefficient (Wildman–Crippen LogP) is 0.0442. The fraction of sp³-hybridized carbons (Fsp3) is 0.833. The third kappa shape index (κ3) is 5.76. The van der Waals surface area contributed by atoms with Crippen molar-refractivity contribution in [3.8, 4) is 0 Å². The monoisotopic (exact) mass is 133 g/mol. The zero-order valence-corrected chi connectivity index (χ0v) is 5.32. The minimum Gasteiger partial charge on any atom is -0.394 e. The maximum absolute atomic E-state index is 8.74. The lowest BCUT2D eigenvalue weighted by atomic mass is 10.2. The molecule has 0 aliphatic rings. The third-order valence-electron chi connectivity index (χ3n) is 1.08. The Kier molecular flexibility index (Phi) is 5.93. The molecule has 1 unspecified atom stereocenters. The summed E-state index contributed by atoms with van der Waals surface area (Å²) in [4.78, 5) is 0. The van der Waals surface area contributed by atoms with Gasteiger partial charge in [0.2, 0.25) is 0 Å². The molecule has 1 radical (unpaired) electrons. The van der Waals surface area contributed by atoms with Gasteiger partial charge in [-0.05, 0) is 19.3 Å². The summed E-state index contributed by atoms with van der Waals surface area (Å²) in [5, 5.41) is 25.2. The van der Waals surface area contributed by atoms with Crippen LogP contribution >= 0.6 is 0 Å². The first-order valence-electron chi connectivity index (χ1n) is 3.06. The highest BCUT2D eigenvalue weighted by atomic mass is 16.3. The highest BCUT2D eigenvalue weighted by molar-refractivity contribution is 4.55. The van der Waals surface area contributed by atoms with Gasteiger partial charge in [-0.2, -0.15) is 0 Å². The summed E-state index contributed by atoms with van der Waals surface area (Å²) < 4.78 is 0. The van der Waals surface area contributed by atoms with Crippen molar-refractivity contribution < 1.29 is 15.3 Å². The fourth-order valence-electron chi connectivity index (χ4n) is 0.536. The molecule has 0 bridgehead atoms. The van der Waals surface area contributed by atoms with Gasteiger partial charge >= 0.3 is 0 Å². The van der Waals surface area contributed by atoms with Crippen molar-refractivity contribution in [1.29, 1.82) is 0 Å². The third-order valence-corrected chi connectivity index (χ3v) is 1.08. The average Bonchev–Trinajstić information content (AvgIpc) is 1.89. The lowest BCUT2D eigenvalue weighted by molar-refractivity contribution is 0.0859. The smallest absolute Gasteiger partial charge is 0.0799 e. The quantitative estimate of drug-likeness (QED) is 0.464. The molecule has 0 aromatic heterocycles. The zero-order valence-electron chi connectivity index (χ0n) is 5.32. The summed E-state index contributed by atoms with van der Waals surface area (Å²) in [6.07, 6.45) is 1.23. The van der Waals surface area contributed by atoms with Crippen LogP contribution in [0, 0.1) is 6.61 Å². The molecule has 3 N–H and O–H groups in total. The van der Waals surface area contributed by atoms with E-state index in [-0.39, 0.29) is 6.61 Å². The second-order valence-electron chi connectivity index (χ2n) is 1.95. The molecule has 0 saturated heterocycles. The Hall–Kier alpha value is -0.120. The Bertz CT molecular complexity index is 56.3. The van der Waals surface area contributed by atoms with Crippen LogP contribution in [0.2, 0.25) is 0 Å². The van der Waals surface area contributed by atoms with Crippen LogP contribution in [-0.4, -0.2) is 28.0 Å². The van der Waals surface area contributed by atoms with E-state index in [0.717, 1.165) is 13.0 Å². The van der Waals surface area contributed by atoms with Crippen LogP contribution in [0.15, 0.2) is 0 Å². The van der Waals surface area contributed by atoms with E-state index < -0.39 is 6.10 Å². The summed E-state index contributed by atoms with van der Waals surface area (Å²) in [7, 11) is 0. The van der Waals surface area contributed by atoms with Gasteiger partial charge in [0.25, 0.3) is 0 Å². The molecule has 0 spiro atoms. The van der Waals surface area contributed by atoms with Gasteiger partial charge in [-0.15, -0.1) is 0 Å². The van der Waals surface area contributed by atoms with E-state index in [1.807, 2.05) is 0 Å². The van der Waals surface area contributed by atoms with Crippen LogP contribution in [0.25, 0.3) is 0 Å². The van der Waals surface area contributed by atoms with Crippen LogP contribution in [0.3, 0.4) is 0 Å². The largest absolute Gasteiger partial charge is 0.394 e. The Morgan fingerprint density at radius 3 is 2.56 bits per heavy atom. The molecule has 3 nitrogen and oxygen atoms in total. The number of unbranched alkanes of at least 4 members (excludes halogenated alkanes) is 1. The Labute approximate surface area is 54.9 Å². The molecule has 0 rings (SSSR count). The average molecular weight is 133 g/mol. The van der Waals surface area contributed by atoms with Crippen molar-refractivity contribution in [1.82, 2.24) is 0 Å². The van der Waals surface area contributed by atoms with Gasteiger partial charge in [0.05, 0.1) is 19.3 Å². The van der Waals surface area contributed by atoms with Crippen LogP contribution < -0.4 is 0 Å². The Balaban J connectivity index is 2.88. The van der Waals surface area contributed by atoms with Gasteiger partial charge in [0.1, 0.15) is 0 Å². The van der Waals surface area contributed by atoms with Crippen LogP contribution in [0.1, 0.15) is 19.3 Å². The molecule has 0 heterocycles. The normalized spacial score (nSPS) is 13.7. The lowest BCUT2D eigenvalue weighted by Crippen LogP contribution is -2.10. The lowest BCUT2D eigenvalue weighted by Gasteiger charge is -2.03. The van der Waals surface area contributed by atoms with E-state index >= 15 is 0 Å². The number of hydrogen-bond donors (Lipinski definition) is 3. The number of hydrogen-bond acceptors (Lipinski definition) is 3. The van der Waals surface area contributed by atoms with E-state index in [1.54, 1.807) is 0 Å². The number of rotatable bonds is 5. The maximum atomic E-state index is 8.74. The standard InChI is InChI=1S/C6H13O3/c7-4-2-1-3-6(9)5-8/h4,6-9H,1-3,5H2. The zero-order chi connectivity index (χ0) is 7.11. The summed E-state index contributed by atoms with van der Waals surface area (Å²) in [6.45, 7) is 0.871. The van der Waals surface area contributed by atoms with Crippen LogP contribution in [-0.2, 0) is 0 Å². The van der Waals surface area contributed by atoms with Crippen molar-refractivity contribution in [2.75, 3.05) is 6.61 Å². The number of aliphatic hydroxyl groups excluding tert-OH is 3. The summed E-state index contributed by atoms with van der Waals surface area (Å²) in [5.41, 5.74) is 0. The minimum absolute atomic E-state index is 0.189. The molecule has 55 valence electrons. The summed E-state index contributed by atoms with van der Waals surface area (Å²) in [5.74, 6) is 0. The maximum Gasteiger partial charge on any atom is 0.0799 e. The molecular formula is C6H13O3. The van der Waals surface area contributed by atoms with Gasteiger partial charge < -0.3 is 15.3 Å². The molecule has 0 aliphatic carbocycles. The van der Waals surface area contributed by atoms with Gasteiger partial charge in [-0.25, -0.2) is 0 Å². The van der Waals surface area contributed by atoms with E-state index in [4.69, 9.17) is 15.3 Å². The first-order chi connectivity index (χ1) is 4.31. The van der Waals surface area contributed by atoms with Crippen molar-refractivity contribution in [2.45, 2.75) is 25.4 Å². The predicted molar refractivity (Wildman–Crippen MR) is 33.2 cm³/mol. The first kappa shape index (κ1) is 8.88. The molecule has 0 aromatic rings. The SMILES string of the molecule is O[CH]CCCC(O)CO. The topological polar surface area (TPSA) is 60.7 Å². The molecule has 0 fully saturated rings. The van der Waals surface area contributed by atoms with Gasteiger partial charge in [0.15, 0.2) is 0 Å². The van der Waals surface area contributed by atoms with E-state index in [0.29, 0.717) is 12.8 Å². The van der Waals surface area contributed by atoms with Gasteiger partial charge in [0, 0.05) is 0 Å². The Morgan fingerprint density at radius 2 is 2.11 bits per heavy atom. The summed E-state index contributed by atoms with van der Waals surface area (Å²) >= 11 is 0. The van der Waals surface area contributed by atoms with Gasteiger partial charge in [-0.1, -0.05) is 0 Å². The van der Waals surface area contributed by atoms with E-state index in [9.17, 15) is 0 Å². The highest BCUT2D eigenvalue weighted by Gasteiger charge is 1.99. The van der Waals surface area contributed by atoms with Crippen molar-refractivity contribution >= 4 is 0 Å². The molecule has 0 aromatic carbocycles.